The van der Waals surface area contributed by atoms with Crippen LogP contribution in [0.25, 0.3) is 0 Å². The fourth-order valence-corrected chi connectivity index (χ4v) is 0.860. The van der Waals surface area contributed by atoms with Crippen molar-refractivity contribution in [1.29, 1.82) is 0 Å². The van der Waals surface area contributed by atoms with E-state index < -0.39 is 0 Å². The minimum Gasteiger partial charge on any atom is -0.0654 e. The van der Waals surface area contributed by atoms with Gasteiger partial charge in [-0.1, -0.05) is 38.7 Å². The van der Waals surface area contributed by atoms with E-state index in [1.165, 1.54) is 31.7 Å². The van der Waals surface area contributed by atoms with Gasteiger partial charge in [-0.2, -0.15) is 0 Å². The van der Waals surface area contributed by atoms with Crippen LogP contribution in [0.4, 0.5) is 0 Å². The first-order valence-corrected chi connectivity index (χ1v) is 3.93. The molecule has 0 atom stereocenters. The largest absolute Gasteiger partial charge is 0.0654 e. The molecule has 0 spiro atoms. The number of hydrogen-bond donors (Lipinski definition) is 0. The second-order valence-electron chi connectivity index (χ2n) is 1.85. The monoisotopic (exact) mass is 114 g/mol. The van der Waals surface area contributed by atoms with Crippen LogP contribution in [0.5, 0.6) is 0 Å². The summed E-state index contributed by atoms with van der Waals surface area (Å²) in [5, 5.41) is 0. The van der Waals surface area contributed by atoms with Gasteiger partial charge < -0.3 is 0 Å². The van der Waals surface area contributed by atoms with Crippen LogP contribution in [-0.2, 0) is 0 Å². The lowest BCUT2D eigenvalue weighted by molar-refractivity contribution is 0.701. The molecule has 0 heterocycles. The maximum absolute atomic E-state index is 2.75. The van der Waals surface area contributed by atoms with Gasteiger partial charge in [-0.3, -0.25) is 0 Å². The van der Waals surface area contributed by atoms with Crippen LogP contribution >= 0.6 is 0 Å². The second kappa shape index (κ2) is 6.22. The Labute approximate surface area is 49.7 Å². The Hall–Kier alpha value is 0.217. The summed E-state index contributed by atoms with van der Waals surface area (Å²) < 4.78 is 0. The molecule has 2 radical (unpaired) electrons. The van der Waals surface area contributed by atoms with Crippen molar-refractivity contribution >= 4 is 10.2 Å². The molecule has 42 valence electrons. The van der Waals surface area contributed by atoms with Crippen molar-refractivity contribution in [3.63, 3.8) is 0 Å². The van der Waals surface area contributed by atoms with Crippen molar-refractivity contribution in [3.05, 3.63) is 0 Å². The fraction of sp³-hybridized carbons (Fsp3) is 1.00. The lowest BCUT2D eigenvalue weighted by Gasteiger charge is -1.90. The van der Waals surface area contributed by atoms with Gasteiger partial charge in [0.05, 0.1) is 0 Å². The molecule has 0 rings (SSSR count). The van der Waals surface area contributed by atoms with Gasteiger partial charge in [0.15, 0.2) is 0 Å². The van der Waals surface area contributed by atoms with Crippen molar-refractivity contribution < 1.29 is 0 Å². The molecule has 7 heavy (non-hydrogen) atoms. The van der Waals surface area contributed by atoms with E-state index in [0.717, 1.165) is 0 Å². The predicted octanol–water partition coefficient (Wildman–Crippen LogP) is 1.89. The Balaban J connectivity index is 2.45. The van der Waals surface area contributed by atoms with Crippen LogP contribution in [-0.4, -0.2) is 10.2 Å². The molecule has 0 nitrogen and oxygen atoms in total. The van der Waals surface area contributed by atoms with Gasteiger partial charge in [-0.05, 0) is 0 Å². The summed E-state index contributed by atoms with van der Waals surface area (Å²) in [6.07, 6.45) is 5.57. The molecule has 0 aromatic heterocycles. The summed E-state index contributed by atoms with van der Waals surface area (Å²) in [4.78, 5) is 0. The van der Waals surface area contributed by atoms with E-state index >= 15 is 0 Å². The zero-order chi connectivity index (χ0) is 5.54. The van der Waals surface area contributed by atoms with Gasteiger partial charge in [0.1, 0.15) is 0 Å². The van der Waals surface area contributed by atoms with Crippen molar-refractivity contribution in [2.24, 2.45) is 0 Å². The second-order valence-corrected chi connectivity index (χ2v) is 2.43. The highest BCUT2D eigenvalue weighted by Gasteiger charge is 1.80. The van der Waals surface area contributed by atoms with Crippen LogP contribution in [0, 0.1) is 0 Å². The number of unbranched alkanes of at least 4 members (excludes halogenated alkanes) is 3. The van der Waals surface area contributed by atoms with E-state index in [-0.39, 0.29) is 0 Å². The SMILES string of the molecule is CCCCCC[SiH]. The van der Waals surface area contributed by atoms with E-state index in [1.54, 1.807) is 0 Å². The molecular formula is C6H14Si. The molecule has 0 aromatic carbocycles. The topological polar surface area (TPSA) is 0 Å². The molecular weight excluding hydrogens is 100 g/mol. The summed E-state index contributed by atoms with van der Waals surface area (Å²) in [5.74, 6) is 0. The molecule has 0 unspecified atom stereocenters. The highest BCUT2D eigenvalue weighted by molar-refractivity contribution is 6.08. The van der Waals surface area contributed by atoms with E-state index in [9.17, 15) is 0 Å². The highest BCUT2D eigenvalue weighted by atomic mass is 28.1. The standard InChI is InChI=1S/C6H14Si/c1-2-3-4-5-6-7/h7H,2-6H2,1H3. The van der Waals surface area contributed by atoms with Crippen LogP contribution in [0.2, 0.25) is 6.04 Å². The Kier molecular flexibility index (Phi) is 6.41. The Morgan fingerprint density at radius 3 is 2.29 bits per heavy atom. The Morgan fingerprint density at radius 1 is 1.14 bits per heavy atom. The maximum Gasteiger partial charge on any atom is 0.0143 e. The third-order valence-electron chi connectivity index (χ3n) is 1.06. The summed E-state index contributed by atoms with van der Waals surface area (Å²) in [5.41, 5.74) is 0. The minimum atomic E-state index is 1.28. The molecule has 1 heteroatoms. The molecule has 0 N–H and O–H groups in total. The van der Waals surface area contributed by atoms with Gasteiger partial charge in [0, 0.05) is 10.2 Å². The van der Waals surface area contributed by atoms with Crippen molar-refractivity contribution in [1.82, 2.24) is 0 Å². The molecule has 0 aliphatic carbocycles. The first kappa shape index (κ1) is 7.22. The quantitative estimate of drug-likeness (QED) is 0.387. The molecule has 0 aromatic rings. The molecule has 0 fully saturated rings. The first-order chi connectivity index (χ1) is 3.41. The summed E-state index contributed by atoms with van der Waals surface area (Å²) in [6, 6.07) is 1.28. The third kappa shape index (κ3) is 6.22. The lowest BCUT2D eigenvalue weighted by atomic mass is 10.2. The molecule has 0 amide bonds. The van der Waals surface area contributed by atoms with Gasteiger partial charge in [0.25, 0.3) is 0 Å². The zero-order valence-corrected chi connectivity index (χ0v) is 6.27. The smallest absolute Gasteiger partial charge is 0.0143 e. The fourth-order valence-electron chi connectivity index (χ4n) is 0.571. The average molecular weight is 114 g/mol. The first-order valence-electron chi connectivity index (χ1n) is 3.12. The van der Waals surface area contributed by atoms with Crippen molar-refractivity contribution in [3.8, 4) is 0 Å². The molecule has 0 bridgehead atoms. The summed E-state index contributed by atoms with van der Waals surface area (Å²) in [6.45, 7) is 2.24. The highest BCUT2D eigenvalue weighted by Crippen LogP contribution is 1.99. The maximum atomic E-state index is 2.75. The van der Waals surface area contributed by atoms with Gasteiger partial charge in [-0.15, -0.1) is 0 Å². The molecule has 0 aliphatic rings. The average Bonchev–Trinajstić information content (AvgIpc) is 1.69. The summed E-state index contributed by atoms with van der Waals surface area (Å²) in [7, 11) is 2.75. The Morgan fingerprint density at radius 2 is 1.86 bits per heavy atom. The van der Waals surface area contributed by atoms with Crippen LogP contribution < -0.4 is 0 Å². The third-order valence-corrected chi connectivity index (χ3v) is 1.47. The molecule has 0 saturated heterocycles. The number of hydrogen-bond acceptors (Lipinski definition) is 0. The van der Waals surface area contributed by atoms with E-state index in [2.05, 4.69) is 17.2 Å². The molecule has 0 saturated carbocycles. The summed E-state index contributed by atoms with van der Waals surface area (Å²) >= 11 is 0. The van der Waals surface area contributed by atoms with Crippen molar-refractivity contribution in [2.75, 3.05) is 0 Å². The molecule has 0 aliphatic heterocycles. The van der Waals surface area contributed by atoms with Crippen LogP contribution in [0.15, 0.2) is 0 Å². The Bertz CT molecular complexity index is 23.4. The lowest BCUT2D eigenvalue weighted by Crippen LogP contribution is -1.72. The van der Waals surface area contributed by atoms with Gasteiger partial charge in [-0.25, -0.2) is 0 Å². The van der Waals surface area contributed by atoms with E-state index in [1.807, 2.05) is 0 Å². The van der Waals surface area contributed by atoms with Gasteiger partial charge in [0.2, 0.25) is 0 Å². The normalized spacial score (nSPS) is 9.43. The van der Waals surface area contributed by atoms with E-state index in [4.69, 9.17) is 0 Å². The van der Waals surface area contributed by atoms with Gasteiger partial charge >= 0.3 is 0 Å². The minimum absolute atomic E-state index is 1.28. The predicted molar refractivity (Wildman–Crippen MR) is 36.1 cm³/mol. The van der Waals surface area contributed by atoms with E-state index in [0.29, 0.717) is 0 Å². The van der Waals surface area contributed by atoms with Crippen LogP contribution in [0.3, 0.4) is 0 Å². The van der Waals surface area contributed by atoms with Crippen molar-refractivity contribution in [2.45, 2.75) is 38.7 Å². The number of rotatable bonds is 4. The zero-order valence-electron chi connectivity index (χ0n) is 5.11. The van der Waals surface area contributed by atoms with Crippen LogP contribution in [0.1, 0.15) is 32.6 Å².